The molecule has 0 atom stereocenters. The van der Waals surface area contributed by atoms with Crippen LogP contribution in [-0.4, -0.2) is 24.5 Å². The minimum absolute atomic E-state index is 0.258. The molecule has 142 valence electrons. The largest absolute Gasteiger partial charge is 0.462 e. The van der Waals surface area contributed by atoms with Crippen molar-refractivity contribution in [3.63, 3.8) is 0 Å². The summed E-state index contributed by atoms with van der Waals surface area (Å²) in [5.74, 6) is 1.20. The Hall–Kier alpha value is -2.80. The molecule has 6 nitrogen and oxygen atoms in total. The number of esters is 1. The van der Waals surface area contributed by atoms with E-state index in [0.29, 0.717) is 23.8 Å². The number of hydrogen-bond acceptors (Lipinski definition) is 5. The molecule has 0 spiro atoms. The third-order valence-corrected chi connectivity index (χ3v) is 4.25. The summed E-state index contributed by atoms with van der Waals surface area (Å²) >= 11 is 5.32. The van der Waals surface area contributed by atoms with Gasteiger partial charge in [0.2, 0.25) is 6.79 Å². The van der Waals surface area contributed by atoms with E-state index in [0.717, 1.165) is 35.6 Å². The molecule has 27 heavy (non-hydrogen) atoms. The number of carbonyl (C=O) groups excluding carboxylic acids is 1. The fourth-order valence-electron chi connectivity index (χ4n) is 2.49. The summed E-state index contributed by atoms with van der Waals surface area (Å²) in [5, 5.41) is 6.73. The molecule has 0 fully saturated rings. The molecule has 0 aromatic heterocycles. The van der Waals surface area contributed by atoms with Gasteiger partial charge in [-0.1, -0.05) is 19.4 Å². The standard InChI is InChI=1S/C20H22N2O4S/c1-2-3-10-24-19(23)15-5-7-16(8-6-15)22-20(27)21-12-14-4-9-17-18(11-14)26-13-25-17/h4-9,11H,2-3,10,12-13H2,1H3,(H2,21,22,27). The van der Waals surface area contributed by atoms with E-state index >= 15 is 0 Å². The van der Waals surface area contributed by atoms with Gasteiger partial charge in [-0.2, -0.15) is 0 Å². The van der Waals surface area contributed by atoms with Crippen LogP contribution in [0.3, 0.4) is 0 Å². The van der Waals surface area contributed by atoms with Gasteiger partial charge in [0.25, 0.3) is 0 Å². The van der Waals surface area contributed by atoms with Crippen LogP contribution in [0.4, 0.5) is 5.69 Å². The second-order valence-corrected chi connectivity index (χ2v) is 6.47. The van der Waals surface area contributed by atoms with Crippen LogP contribution < -0.4 is 20.1 Å². The van der Waals surface area contributed by atoms with Crippen molar-refractivity contribution in [2.45, 2.75) is 26.3 Å². The molecular formula is C20H22N2O4S. The molecule has 0 radical (unpaired) electrons. The zero-order valence-electron chi connectivity index (χ0n) is 15.1. The first kappa shape index (κ1) is 19.0. The summed E-state index contributed by atoms with van der Waals surface area (Å²) in [5.41, 5.74) is 2.35. The third-order valence-electron chi connectivity index (χ3n) is 4.00. The number of hydrogen-bond donors (Lipinski definition) is 2. The van der Waals surface area contributed by atoms with Gasteiger partial charge in [0.15, 0.2) is 16.6 Å². The van der Waals surface area contributed by atoms with E-state index in [1.165, 1.54) is 0 Å². The van der Waals surface area contributed by atoms with Crippen molar-refractivity contribution in [1.82, 2.24) is 5.32 Å². The number of benzene rings is 2. The summed E-state index contributed by atoms with van der Waals surface area (Å²) < 4.78 is 15.9. The molecule has 3 rings (SSSR count). The number of nitrogens with one attached hydrogen (secondary N) is 2. The predicted molar refractivity (Wildman–Crippen MR) is 107 cm³/mol. The Labute approximate surface area is 163 Å². The molecule has 0 saturated carbocycles. The highest BCUT2D eigenvalue weighted by molar-refractivity contribution is 7.80. The highest BCUT2D eigenvalue weighted by Gasteiger charge is 2.13. The van der Waals surface area contributed by atoms with Crippen LogP contribution in [0.2, 0.25) is 0 Å². The Balaban J connectivity index is 1.47. The van der Waals surface area contributed by atoms with Crippen LogP contribution in [-0.2, 0) is 11.3 Å². The monoisotopic (exact) mass is 386 g/mol. The van der Waals surface area contributed by atoms with Crippen molar-refractivity contribution in [2.24, 2.45) is 0 Å². The minimum Gasteiger partial charge on any atom is -0.462 e. The highest BCUT2D eigenvalue weighted by Crippen LogP contribution is 2.32. The lowest BCUT2D eigenvalue weighted by Crippen LogP contribution is -2.27. The van der Waals surface area contributed by atoms with Gasteiger partial charge in [-0.15, -0.1) is 0 Å². The molecule has 0 unspecified atom stereocenters. The first-order valence-electron chi connectivity index (χ1n) is 8.86. The molecule has 0 bridgehead atoms. The average Bonchev–Trinajstić information content (AvgIpc) is 3.15. The van der Waals surface area contributed by atoms with E-state index in [9.17, 15) is 4.79 Å². The Morgan fingerprint density at radius 3 is 2.70 bits per heavy atom. The lowest BCUT2D eigenvalue weighted by atomic mass is 10.2. The Morgan fingerprint density at radius 1 is 1.15 bits per heavy atom. The minimum atomic E-state index is -0.307. The normalized spacial score (nSPS) is 11.7. The number of thiocarbonyl (C=S) groups is 1. The SMILES string of the molecule is CCCCOC(=O)c1ccc(NC(=S)NCc2ccc3c(c2)OCO3)cc1. The van der Waals surface area contributed by atoms with Gasteiger partial charge < -0.3 is 24.8 Å². The van der Waals surface area contributed by atoms with E-state index in [-0.39, 0.29) is 12.8 Å². The summed E-state index contributed by atoms with van der Waals surface area (Å²) in [6.07, 6.45) is 1.86. The second-order valence-electron chi connectivity index (χ2n) is 6.06. The van der Waals surface area contributed by atoms with Crippen molar-refractivity contribution in [3.05, 3.63) is 53.6 Å². The van der Waals surface area contributed by atoms with Gasteiger partial charge in [-0.25, -0.2) is 4.79 Å². The van der Waals surface area contributed by atoms with Crippen LogP contribution in [0.1, 0.15) is 35.7 Å². The molecule has 0 saturated heterocycles. The Kier molecular flexibility index (Phi) is 6.49. The Bertz CT molecular complexity index is 808. The van der Waals surface area contributed by atoms with Crippen LogP contribution in [0.25, 0.3) is 0 Å². The maximum absolute atomic E-state index is 11.9. The van der Waals surface area contributed by atoms with Crippen molar-refractivity contribution in [3.8, 4) is 11.5 Å². The third kappa shape index (κ3) is 5.34. The van der Waals surface area contributed by atoms with Gasteiger partial charge in [0.1, 0.15) is 0 Å². The lowest BCUT2D eigenvalue weighted by molar-refractivity contribution is 0.0500. The zero-order chi connectivity index (χ0) is 19.1. The van der Waals surface area contributed by atoms with E-state index in [1.807, 2.05) is 18.2 Å². The molecule has 0 aliphatic carbocycles. The van der Waals surface area contributed by atoms with E-state index in [4.69, 9.17) is 26.4 Å². The smallest absolute Gasteiger partial charge is 0.338 e. The van der Waals surface area contributed by atoms with Crippen molar-refractivity contribution < 1.29 is 19.0 Å². The van der Waals surface area contributed by atoms with Crippen LogP contribution >= 0.6 is 12.2 Å². The predicted octanol–water partition coefficient (Wildman–Crippen LogP) is 3.86. The first-order valence-corrected chi connectivity index (χ1v) is 9.27. The highest BCUT2D eigenvalue weighted by atomic mass is 32.1. The van der Waals surface area contributed by atoms with E-state index in [2.05, 4.69) is 17.6 Å². The fraction of sp³-hybridized carbons (Fsp3) is 0.300. The molecule has 1 aliphatic heterocycles. The number of rotatable bonds is 7. The van der Waals surface area contributed by atoms with Gasteiger partial charge in [-0.3, -0.25) is 0 Å². The maximum atomic E-state index is 11.9. The lowest BCUT2D eigenvalue weighted by Gasteiger charge is -2.11. The van der Waals surface area contributed by atoms with Gasteiger partial charge in [-0.05, 0) is 60.6 Å². The quantitative estimate of drug-likeness (QED) is 0.425. The Morgan fingerprint density at radius 2 is 1.93 bits per heavy atom. The molecule has 2 aromatic rings. The molecular weight excluding hydrogens is 364 g/mol. The topological polar surface area (TPSA) is 68.8 Å². The van der Waals surface area contributed by atoms with Crippen LogP contribution in [0, 0.1) is 0 Å². The summed E-state index contributed by atoms with van der Waals surface area (Å²) in [4.78, 5) is 11.9. The average molecular weight is 386 g/mol. The molecule has 2 aromatic carbocycles. The van der Waals surface area contributed by atoms with Gasteiger partial charge in [0, 0.05) is 12.2 Å². The van der Waals surface area contributed by atoms with E-state index < -0.39 is 0 Å². The number of ether oxygens (including phenoxy) is 3. The summed E-state index contributed by atoms with van der Waals surface area (Å²) in [6.45, 7) is 3.32. The van der Waals surface area contributed by atoms with Crippen LogP contribution in [0.15, 0.2) is 42.5 Å². The molecule has 1 heterocycles. The fourth-order valence-corrected chi connectivity index (χ4v) is 2.68. The van der Waals surface area contributed by atoms with Crippen LogP contribution in [0.5, 0.6) is 11.5 Å². The van der Waals surface area contributed by atoms with Crippen molar-refractivity contribution >= 4 is 29.0 Å². The maximum Gasteiger partial charge on any atom is 0.338 e. The number of unbranched alkanes of at least 4 members (excludes halogenated alkanes) is 1. The number of fused-ring (bicyclic) bond motifs is 1. The molecule has 7 heteroatoms. The summed E-state index contributed by atoms with van der Waals surface area (Å²) in [7, 11) is 0. The number of carbonyl (C=O) groups is 1. The van der Waals surface area contributed by atoms with Crippen molar-refractivity contribution in [2.75, 3.05) is 18.7 Å². The number of anilines is 1. The summed E-state index contributed by atoms with van der Waals surface area (Å²) in [6, 6.07) is 12.8. The van der Waals surface area contributed by atoms with Gasteiger partial charge >= 0.3 is 5.97 Å². The van der Waals surface area contributed by atoms with Crippen molar-refractivity contribution in [1.29, 1.82) is 0 Å². The van der Waals surface area contributed by atoms with E-state index in [1.54, 1.807) is 24.3 Å². The zero-order valence-corrected chi connectivity index (χ0v) is 15.9. The molecule has 1 aliphatic rings. The second kappa shape index (κ2) is 9.23. The van der Waals surface area contributed by atoms with Gasteiger partial charge in [0.05, 0.1) is 12.2 Å². The molecule has 0 amide bonds. The first-order chi connectivity index (χ1) is 13.2. The molecule has 2 N–H and O–H groups in total.